The molecule has 0 atom stereocenters. The molecule has 2 aromatic rings. The highest BCUT2D eigenvalue weighted by molar-refractivity contribution is 7.92. The first-order valence-corrected chi connectivity index (χ1v) is 13.7. The van der Waals surface area contributed by atoms with Crippen molar-refractivity contribution in [2.45, 2.75) is 45.2 Å². The smallest absolute Gasteiger partial charge is 0.388 e. The Labute approximate surface area is 225 Å². The molecule has 20 heteroatoms. The number of aromatic nitrogens is 2. The molecule has 3 rings (SSSR count). The van der Waals surface area contributed by atoms with Crippen molar-refractivity contribution in [1.82, 2.24) is 10.2 Å². The number of carbonyl (C=O) groups excluding carboxylic acids is 1. The Kier molecular flexibility index (Phi) is 8.92. The lowest BCUT2D eigenvalue weighted by Crippen LogP contribution is -2.40. The minimum Gasteiger partial charge on any atom is -0.388 e. The van der Waals surface area contributed by atoms with Gasteiger partial charge in [0.05, 0.1) is 5.69 Å². The Morgan fingerprint density at radius 3 is 2.40 bits per heavy atom. The summed E-state index contributed by atoms with van der Waals surface area (Å²) in [6.07, 6.45) is -15.8. The minimum atomic E-state index is -6.18. The summed E-state index contributed by atoms with van der Waals surface area (Å²) < 4.78 is 131. The van der Waals surface area contributed by atoms with Crippen LogP contribution in [0.5, 0.6) is 0 Å². The first kappa shape index (κ1) is 31.4. The van der Waals surface area contributed by atoms with E-state index in [0.29, 0.717) is 37.2 Å². The summed E-state index contributed by atoms with van der Waals surface area (Å²) in [5.74, 6) is -4.14. The SMILES string of the molecule is CC(C)CN1CCCc2cc(N=Nc3nnc(C(=O)OC(F)(F)C(F)(F)F)s3)c(NS(=O)(=O)CC(F)(F)F)cc21. The monoisotopic (exact) mass is 624 g/mol. The largest absolute Gasteiger partial charge is 0.501 e. The molecule has 40 heavy (non-hydrogen) atoms. The molecule has 0 spiro atoms. The number of aryl methyl sites for hydroxylation is 1. The van der Waals surface area contributed by atoms with Gasteiger partial charge in [-0.15, -0.1) is 20.4 Å². The molecule has 1 N–H and O–H groups in total. The number of ether oxygens (including phenoxy) is 1. The van der Waals surface area contributed by atoms with E-state index in [9.17, 15) is 48.3 Å². The molecule has 1 aromatic carbocycles. The van der Waals surface area contributed by atoms with E-state index < -0.39 is 50.3 Å². The predicted octanol–water partition coefficient (Wildman–Crippen LogP) is 5.98. The van der Waals surface area contributed by atoms with Crippen LogP contribution in [0.2, 0.25) is 0 Å². The summed E-state index contributed by atoms with van der Waals surface area (Å²) in [5, 5.41) is 12.2. The summed E-state index contributed by atoms with van der Waals surface area (Å²) in [5.41, 5.74) is 0.626. The first-order valence-electron chi connectivity index (χ1n) is 11.2. The van der Waals surface area contributed by atoms with Crippen LogP contribution in [-0.4, -0.2) is 61.9 Å². The van der Waals surface area contributed by atoms with Crippen molar-refractivity contribution in [2.24, 2.45) is 16.1 Å². The molecule has 222 valence electrons. The Morgan fingerprint density at radius 2 is 1.80 bits per heavy atom. The third-order valence-corrected chi connectivity index (χ3v) is 7.03. The molecule has 0 amide bonds. The summed E-state index contributed by atoms with van der Waals surface area (Å²) in [6.45, 7) is 5.07. The zero-order chi connectivity index (χ0) is 30.1. The number of rotatable bonds is 9. The summed E-state index contributed by atoms with van der Waals surface area (Å²) >= 11 is 0.121. The zero-order valence-electron chi connectivity index (χ0n) is 20.5. The summed E-state index contributed by atoms with van der Waals surface area (Å²) in [4.78, 5) is 13.6. The van der Waals surface area contributed by atoms with Crippen molar-refractivity contribution >= 4 is 49.5 Å². The fraction of sp³-hybridized carbons (Fsp3) is 0.550. The topological polar surface area (TPSA) is 126 Å². The van der Waals surface area contributed by atoms with E-state index in [1.165, 1.54) is 12.1 Å². The number of azo groups is 1. The molecule has 1 aliphatic heterocycles. The minimum absolute atomic E-state index is 0.121. The summed E-state index contributed by atoms with van der Waals surface area (Å²) in [6, 6.07) is 2.69. The van der Waals surface area contributed by atoms with Gasteiger partial charge in [0.1, 0.15) is 5.69 Å². The normalized spacial score (nSPS) is 15.0. The molecule has 0 fully saturated rings. The Balaban J connectivity index is 1.95. The molecule has 10 nitrogen and oxygen atoms in total. The van der Waals surface area contributed by atoms with Crippen LogP contribution in [0, 0.1) is 5.92 Å². The van der Waals surface area contributed by atoms with E-state index in [-0.39, 0.29) is 28.6 Å². The van der Waals surface area contributed by atoms with Crippen LogP contribution in [0.1, 0.15) is 35.6 Å². The van der Waals surface area contributed by atoms with Gasteiger partial charge in [0.2, 0.25) is 15.0 Å². The van der Waals surface area contributed by atoms with Gasteiger partial charge in [0, 0.05) is 18.8 Å². The number of anilines is 2. The van der Waals surface area contributed by atoms with Crippen molar-refractivity contribution < 1.29 is 53.1 Å². The molecule has 0 aliphatic carbocycles. The van der Waals surface area contributed by atoms with Gasteiger partial charge in [-0.1, -0.05) is 25.2 Å². The van der Waals surface area contributed by atoms with Crippen LogP contribution in [0.25, 0.3) is 0 Å². The number of fused-ring (bicyclic) bond motifs is 1. The zero-order valence-corrected chi connectivity index (χ0v) is 22.1. The van der Waals surface area contributed by atoms with Crippen LogP contribution < -0.4 is 9.62 Å². The maximum absolute atomic E-state index is 13.0. The average Bonchev–Trinajstić information content (AvgIpc) is 3.24. The second kappa shape index (κ2) is 11.4. The van der Waals surface area contributed by atoms with Gasteiger partial charge in [-0.25, -0.2) is 13.2 Å². The number of hydrogen-bond donors (Lipinski definition) is 1. The Morgan fingerprint density at radius 1 is 1.12 bits per heavy atom. The second-order valence-electron chi connectivity index (χ2n) is 8.91. The van der Waals surface area contributed by atoms with Gasteiger partial charge in [-0.3, -0.25) is 4.72 Å². The predicted molar refractivity (Wildman–Crippen MR) is 126 cm³/mol. The third-order valence-electron chi connectivity index (χ3n) is 5.00. The van der Waals surface area contributed by atoms with Gasteiger partial charge in [0.25, 0.3) is 5.13 Å². The molecule has 2 heterocycles. The van der Waals surface area contributed by atoms with E-state index in [1.54, 1.807) is 0 Å². The first-order chi connectivity index (χ1) is 18.3. The maximum atomic E-state index is 13.0. The maximum Gasteiger partial charge on any atom is 0.501 e. The molecule has 0 bridgehead atoms. The standard InChI is InChI=1S/C20H20F8N6O4S2/c1-10(2)8-34-5-3-4-11-6-12(13(7-14(11)34)33-40(36,37)9-18(21,22)23)29-31-17-32-30-15(39-17)16(35)38-20(27,28)19(24,25)26/h6-7,10,33H,3-5,8-9H2,1-2H3. The van der Waals surface area contributed by atoms with Crippen LogP contribution in [0.4, 0.5) is 57.3 Å². The van der Waals surface area contributed by atoms with Gasteiger partial charge >= 0.3 is 24.4 Å². The number of carbonyl (C=O) groups is 1. The van der Waals surface area contributed by atoms with E-state index in [1.807, 2.05) is 23.5 Å². The van der Waals surface area contributed by atoms with Gasteiger partial charge in [-0.05, 0) is 36.5 Å². The summed E-state index contributed by atoms with van der Waals surface area (Å²) in [7, 11) is -4.95. The van der Waals surface area contributed by atoms with Crippen molar-refractivity contribution in [3.05, 3.63) is 22.7 Å². The molecular formula is C20H20F8N6O4S2. The molecule has 1 aliphatic rings. The number of halogens is 8. The van der Waals surface area contributed by atoms with Crippen molar-refractivity contribution in [2.75, 3.05) is 28.5 Å². The lowest BCUT2D eigenvalue weighted by molar-refractivity contribution is -0.370. The van der Waals surface area contributed by atoms with Crippen molar-refractivity contribution in [3.8, 4) is 0 Å². The number of nitrogens with one attached hydrogen (secondary N) is 1. The highest BCUT2D eigenvalue weighted by atomic mass is 32.2. The van der Waals surface area contributed by atoms with Crippen molar-refractivity contribution in [1.29, 1.82) is 0 Å². The number of hydrogen-bond acceptors (Lipinski definition) is 10. The van der Waals surface area contributed by atoms with Gasteiger partial charge < -0.3 is 9.64 Å². The number of nitrogens with zero attached hydrogens (tertiary/aromatic N) is 5. The van der Waals surface area contributed by atoms with Gasteiger partial charge in [-0.2, -0.15) is 35.1 Å². The number of esters is 1. The fourth-order valence-electron chi connectivity index (χ4n) is 3.56. The Hall–Kier alpha value is -3.16. The lowest BCUT2D eigenvalue weighted by Gasteiger charge is -2.33. The highest BCUT2D eigenvalue weighted by Gasteiger charge is 2.62. The third kappa shape index (κ3) is 8.18. The molecule has 0 saturated carbocycles. The second-order valence-corrected chi connectivity index (χ2v) is 11.6. The number of benzene rings is 1. The fourth-order valence-corrected chi connectivity index (χ4v) is 5.11. The quantitative estimate of drug-likeness (QED) is 0.207. The molecular weight excluding hydrogens is 604 g/mol. The van der Waals surface area contributed by atoms with E-state index >= 15 is 0 Å². The van der Waals surface area contributed by atoms with Crippen LogP contribution >= 0.6 is 11.3 Å². The molecule has 0 saturated heterocycles. The van der Waals surface area contributed by atoms with E-state index in [0.717, 1.165) is 0 Å². The van der Waals surface area contributed by atoms with Gasteiger partial charge in [0.15, 0.2) is 5.75 Å². The van der Waals surface area contributed by atoms with Crippen LogP contribution in [-0.2, 0) is 21.2 Å². The van der Waals surface area contributed by atoms with E-state index in [4.69, 9.17) is 0 Å². The lowest BCUT2D eigenvalue weighted by atomic mass is 9.99. The average molecular weight is 625 g/mol. The molecule has 0 radical (unpaired) electrons. The Bertz CT molecular complexity index is 1380. The van der Waals surface area contributed by atoms with Crippen LogP contribution in [0.3, 0.4) is 0 Å². The van der Waals surface area contributed by atoms with Crippen molar-refractivity contribution in [3.63, 3.8) is 0 Å². The van der Waals surface area contributed by atoms with E-state index in [2.05, 4.69) is 25.2 Å². The number of alkyl halides is 8. The highest BCUT2D eigenvalue weighted by Crippen LogP contribution is 2.40. The molecule has 0 unspecified atom stereocenters. The number of sulfonamides is 1. The van der Waals surface area contributed by atoms with Crippen LogP contribution in [0.15, 0.2) is 22.4 Å². The molecule has 1 aromatic heterocycles.